The maximum Gasteiger partial charge on any atom is 0.237 e. The van der Waals surface area contributed by atoms with Gasteiger partial charge in [-0.25, -0.2) is 0 Å². The van der Waals surface area contributed by atoms with Gasteiger partial charge in [-0.3, -0.25) is 4.79 Å². The molecule has 0 saturated heterocycles. The molecule has 0 aliphatic rings. The second kappa shape index (κ2) is 11.1. The number of nitrogens with two attached hydrogens (primary N) is 1. The minimum atomic E-state index is -0.451. The Morgan fingerprint density at radius 1 is 1.53 bits per heavy atom. The lowest BCUT2D eigenvalue weighted by Crippen LogP contribution is -2.49. The first kappa shape index (κ1) is 19.4. The first-order valence-corrected chi connectivity index (χ1v) is 7.11. The molecule has 4 N–H and O–H groups in total. The minimum Gasteiger partial charge on any atom is -0.396 e. The molecule has 0 radical (unpaired) electrons. The summed E-state index contributed by atoms with van der Waals surface area (Å²) in [6.07, 6.45) is 3.45. The highest BCUT2D eigenvalue weighted by Crippen LogP contribution is 2.07. The molecule has 0 heterocycles. The zero-order valence-corrected chi connectivity index (χ0v) is 12.4. The van der Waals surface area contributed by atoms with Gasteiger partial charge in [0.2, 0.25) is 5.91 Å². The topological polar surface area (TPSA) is 75.4 Å². The zero-order valence-electron chi connectivity index (χ0n) is 10.8. The fraction of sp³-hybridized carbons (Fsp3) is 0.909. The van der Waals surface area contributed by atoms with Crippen molar-refractivity contribution in [2.75, 3.05) is 18.6 Å². The Balaban J connectivity index is 0. The molecule has 0 aromatic rings. The van der Waals surface area contributed by atoms with Gasteiger partial charge in [-0.1, -0.05) is 20.3 Å². The lowest BCUT2D eigenvalue weighted by atomic mass is 9.99. The Morgan fingerprint density at radius 3 is 2.53 bits per heavy atom. The quantitative estimate of drug-likeness (QED) is 0.622. The third kappa shape index (κ3) is 7.86. The van der Waals surface area contributed by atoms with Crippen molar-refractivity contribution in [3.63, 3.8) is 0 Å². The highest BCUT2D eigenvalue weighted by Gasteiger charge is 2.21. The number of rotatable bonds is 8. The monoisotopic (exact) mass is 284 g/mol. The highest BCUT2D eigenvalue weighted by molar-refractivity contribution is 7.98. The summed E-state index contributed by atoms with van der Waals surface area (Å²) in [6.45, 7) is 4.08. The average molecular weight is 285 g/mol. The third-order valence-electron chi connectivity index (χ3n) is 2.75. The van der Waals surface area contributed by atoms with Crippen molar-refractivity contribution in [3.05, 3.63) is 0 Å². The van der Waals surface area contributed by atoms with Gasteiger partial charge in [-0.15, -0.1) is 12.4 Å². The van der Waals surface area contributed by atoms with Crippen LogP contribution in [0.5, 0.6) is 0 Å². The summed E-state index contributed by atoms with van der Waals surface area (Å²) in [6, 6.07) is -0.435. The molecule has 0 bridgehead atoms. The molecule has 3 unspecified atom stereocenters. The Kier molecular flexibility index (Phi) is 12.7. The lowest BCUT2D eigenvalue weighted by Gasteiger charge is -2.22. The van der Waals surface area contributed by atoms with Crippen LogP contribution >= 0.6 is 24.2 Å². The summed E-state index contributed by atoms with van der Waals surface area (Å²) in [4.78, 5) is 11.8. The van der Waals surface area contributed by atoms with E-state index in [9.17, 15) is 4.79 Å². The highest BCUT2D eigenvalue weighted by atomic mass is 35.5. The molecule has 0 aliphatic carbocycles. The normalized spacial score (nSPS) is 15.6. The van der Waals surface area contributed by atoms with Crippen molar-refractivity contribution in [1.29, 1.82) is 0 Å². The standard InChI is InChI=1S/C11H24N2O2S.ClH/c1-4-8(2)10(12)11(15)13-9(5-6-14)7-16-3;/h8-10,14H,4-7,12H2,1-3H3,(H,13,15);1H. The van der Waals surface area contributed by atoms with E-state index in [1.807, 2.05) is 20.1 Å². The Bertz CT molecular complexity index is 202. The molecular weight excluding hydrogens is 260 g/mol. The van der Waals surface area contributed by atoms with Crippen LogP contribution in [0.25, 0.3) is 0 Å². The number of aliphatic hydroxyl groups excluding tert-OH is 1. The van der Waals surface area contributed by atoms with Crippen LogP contribution in [0.3, 0.4) is 0 Å². The second-order valence-electron chi connectivity index (χ2n) is 4.08. The summed E-state index contributed by atoms with van der Waals surface area (Å²) >= 11 is 1.65. The predicted molar refractivity (Wildman–Crippen MR) is 76.7 cm³/mol. The molecule has 3 atom stereocenters. The molecular formula is C11H25ClN2O2S. The van der Waals surface area contributed by atoms with Crippen molar-refractivity contribution in [2.24, 2.45) is 11.7 Å². The van der Waals surface area contributed by atoms with Crippen molar-refractivity contribution in [3.8, 4) is 0 Å². The third-order valence-corrected chi connectivity index (χ3v) is 3.49. The molecule has 0 spiro atoms. The number of aliphatic hydroxyl groups is 1. The zero-order chi connectivity index (χ0) is 12.6. The van der Waals surface area contributed by atoms with Gasteiger partial charge in [0.05, 0.1) is 6.04 Å². The van der Waals surface area contributed by atoms with E-state index < -0.39 is 6.04 Å². The molecule has 0 aromatic heterocycles. The average Bonchev–Trinajstić information content (AvgIpc) is 2.27. The van der Waals surface area contributed by atoms with Gasteiger partial charge in [-0.05, 0) is 18.6 Å². The van der Waals surface area contributed by atoms with Gasteiger partial charge in [0, 0.05) is 18.4 Å². The van der Waals surface area contributed by atoms with E-state index in [2.05, 4.69) is 5.32 Å². The van der Waals surface area contributed by atoms with E-state index in [0.717, 1.165) is 12.2 Å². The van der Waals surface area contributed by atoms with Crippen LogP contribution in [0.2, 0.25) is 0 Å². The number of hydrogen-bond donors (Lipinski definition) is 3. The van der Waals surface area contributed by atoms with Crippen molar-refractivity contribution >= 4 is 30.1 Å². The number of carbonyl (C=O) groups excluding carboxylic acids is 1. The van der Waals surface area contributed by atoms with E-state index in [4.69, 9.17) is 10.8 Å². The van der Waals surface area contributed by atoms with E-state index in [1.54, 1.807) is 11.8 Å². The van der Waals surface area contributed by atoms with E-state index in [0.29, 0.717) is 6.42 Å². The second-order valence-corrected chi connectivity index (χ2v) is 5.00. The van der Waals surface area contributed by atoms with Crippen molar-refractivity contribution < 1.29 is 9.90 Å². The van der Waals surface area contributed by atoms with Crippen LogP contribution in [0.4, 0.5) is 0 Å². The molecule has 0 saturated carbocycles. The van der Waals surface area contributed by atoms with Crippen LogP contribution in [0.15, 0.2) is 0 Å². The maximum absolute atomic E-state index is 11.8. The van der Waals surface area contributed by atoms with Crippen molar-refractivity contribution in [2.45, 2.75) is 38.8 Å². The lowest BCUT2D eigenvalue weighted by molar-refractivity contribution is -0.124. The minimum absolute atomic E-state index is 0. The van der Waals surface area contributed by atoms with Crippen LogP contribution < -0.4 is 11.1 Å². The summed E-state index contributed by atoms with van der Waals surface area (Å²) in [5, 5.41) is 11.8. The molecule has 4 nitrogen and oxygen atoms in total. The van der Waals surface area contributed by atoms with Gasteiger partial charge in [-0.2, -0.15) is 11.8 Å². The summed E-state index contributed by atoms with van der Waals surface area (Å²) < 4.78 is 0. The Hall–Kier alpha value is 0.0300. The van der Waals surface area contributed by atoms with Crippen molar-refractivity contribution in [1.82, 2.24) is 5.32 Å². The largest absolute Gasteiger partial charge is 0.396 e. The van der Waals surface area contributed by atoms with Gasteiger partial charge in [0.25, 0.3) is 0 Å². The summed E-state index contributed by atoms with van der Waals surface area (Å²) in [5.74, 6) is 0.880. The Labute approximate surface area is 115 Å². The van der Waals surface area contributed by atoms with Gasteiger partial charge < -0.3 is 16.2 Å². The first-order chi connectivity index (χ1) is 7.56. The van der Waals surface area contributed by atoms with Crippen LogP contribution in [-0.2, 0) is 4.79 Å². The number of amides is 1. The van der Waals surface area contributed by atoms with E-state index >= 15 is 0 Å². The van der Waals surface area contributed by atoms with Gasteiger partial charge in [0.15, 0.2) is 0 Å². The number of hydrogen-bond acceptors (Lipinski definition) is 4. The number of thioether (sulfide) groups is 1. The van der Waals surface area contributed by atoms with Gasteiger partial charge >= 0.3 is 0 Å². The van der Waals surface area contributed by atoms with Crippen LogP contribution in [-0.4, -0.2) is 41.7 Å². The summed E-state index contributed by atoms with van der Waals surface area (Å²) in [7, 11) is 0. The van der Waals surface area contributed by atoms with E-state index in [-0.39, 0.29) is 36.9 Å². The fourth-order valence-corrected chi connectivity index (χ4v) is 2.02. The van der Waals surface area contributed by atoms with Crippen LogP contribution in [0.1, 0.15) is 26.7 Å². The Morgan fingerprint density at radius 2 is 2.12 bits per heavy atom. The molecule has 1 amide bonds. The molecule has 104 valence electrons. The van der Waals surface area contributed by atoms with Crippen LogP contribution in [0, 0.1) is 5.92 Å². The number of halogens is 1. The first-order valence-electron chi connectivity index (χ1n) is 5.72. The molecule has 0 aromatic carbocycles. The molecule has 0 aliphatic heterocycles. The molecule has 17 heavy (non-hydrogen) atoms. The number of carbonyl (C=O) groups is 1. The fourth-order valence-electron chi connectivity index (χ4n) is 1.36. The smallest absolute Gasteiger partial charge is 0.237 e. The SMILES string of the molecule is CCC(C)C(N)C(=O)NC(CCO)CSC.Cl. The predicted octanol–water partition coefficient (Wildman–Crippen LogP) is 1.01. The summed E-state index contributed by atoms with van der Waals surface area (Å²) in [5.41, 5.74) is 5.83. The molecule has 0 fully saturated rings. The maximum atomic E-state index is 11.8. The van der Waals surface area contributed by atoms with E-state index in [1.165, 1.54) is 0 Å². The number of nitrogens with one attached hydrogen (secondary N) is 1. The molecule has 0 rings (SSSR count). The molecule has 6 heteroatoms. The van der Waals surface area contributed by atoms with Gasteiger partial charge in [0.1, 0.15) is 0 Å².